The molecule has 0 bridgehead atoms. The molecule has 0 spiro atoms. The molecule has 6 nitrogen and oxygen atoms in total. The third kappa shape index (κ3) is 8.64. The molecule has 28 heavy (non-hydrogen) atoms. The van der Waals surface area contributed by atoms with Crippen LogP contribution in [0.25, 0.3) is 0 Å². The normalized spacial score (nSPS) is 12.9. The highest BCUT2D eigenvalue weighted by molar-refractivity contribution is 14.0. The van der Waals surface area contributed by atoms with Crippen molar-refractivity contribution < 1.29 is 13.5 Å². The minimum Gasteiger partial charge on any atom is -0.390 e. The number of halogens is 2. The summed E-state index contributed by atoms with van der Waals surface area (Å²) in [5.74, 6) is 0.195. The van der Waals surface area contributed by atoms with Gasteiger partial charge in [-0.3, -0.25) is 4.99 Å². The highest BCUT2D eigenvalue weighted by atomic mass is 127. The van der Waals surface area contributed by atoms with E-state index in [0.717, 1.165) is 23.3 Å². The molecule has 1 heterocycles. The average Bonchev–Trinajstić information content (AvgIpc) is 3.17. The average molecular weight is 558 g/mol. The van der Waals surface area contributed by atoms with Crippen molar-refractivity contribution in [3.8, 4) is 0 Å². The van der Waals surface area contributed by atoms with Crippen molar-refractivity contribution in [3.05, 3.63) is 52.4 Å². The molecule has 1 unspecified atom stereocenters. The van der Waals surface area contributed by atoms with Gasteiger partial charge in [0.05, 0.1) is 18.4 Å². The van der Waals surface area contributed by atoms with E-state index in [4.69, 9.17) is 11.6 Å². The Balaban J connectivity index is 0.00000392. The number of aliphatic imine (C=N–C) groups is 1. The van der Waals surface area contributed by atoms with Crippen LogP contribution in [0.15, 0.2) is 51.0 Å². The molecule has 0 aliphatic heterocycles. The topological polar surface area (TPSA) is 90.8 Å². The molecule has 2 rings (SSSR count). The van der Waals surface area contributed by atoms with Gasteiger partial charge in [0, 0.05) is 18.1 Å². The fraction of sp³-hybridized carbons (Fsp3) is 0.389. The van der Waals surface area contributed by atoms with Gasteiger partial charge >= 0.3 is 0 Å². The molecule has 0 radical (unpaired) electrons. The number of sulfone groups is 1. The van der Waals surface area contributed by atoms with E-state index in [9.17, 15) is 13.5 Å². The predicted molar refractivity (Wildman–Crippen MR) is 127 cm³/mol. The molecule has 156 valence electrons. The highest BCUT2D eigenvalue weighted by Gasteiger charge is 2.20. The first-order valence-corrected chi connectivity index (χ1v) is 11.5. The Hall–Kier alpha value is -0.880. The molecule has 3 N–H and O–H groups in total. The summed E-state index contributed by atoms with van der Waals surface area (Å²) in [5, 5.41) is 18.7. The largest absolute Gasteiger partial charge is 0.390 e. The third-order valence-electron chi connectivity index (χ3n) is 3.64. The first kappa shape index (κ1) is 25.2. The maximum absolute atomic E-state index is 12.2. The summed E-state index contributed by atoms with van der Waals surface area (Å²) >= 11 is 7.02. The molecule has 0 saturated carbocycles. The molecular formula is C18H25ClIN3O3S2. The third-order valence-corrected chi connectivity index (χ3v) is 7.17. The van der Waals surface area contributed by atoms with Gasteiger partial charge in [0.2, 0.25) is 0 Å². The number of guanidine groups is 1. The lowest BCUT2D eigenvalue weighted by molar-refractivity contribution is 0.206. The van der Waals surface area contributed by atoms with Crippen LogP contribution in [-0.4, -0.2) is 51.0 Å². The molecule has 2 aromatic rings. The number of nitrogens with zero attached hydrogens (tertiary/aromatic N) is 1. The van der Waals surface area contributed by atoms with Crippen molar-refractivity contribution in [2.24, 2.45) is 4.99 Å². The summed E-state index contributed by atoms with van der Waals surface area (Å²) < 4.78 is 24.6. The Morgan fingerprint density at radius 2 is 1.96 bits per heavy atom. The highest BCUT2D eigenvalue weighted by Crippen LogP contribution is 2.18. The first-order valence-electron chi connectivity index (χ1n) is 8.61. The van der Waals surface area contributed by atoms with Gasteiger partial charge in [-0.05, 0) is 42.5 Å². The van der Waals surface area contributed by atoms with E-state index in [1.54, 1.807) is 17.5 Å². The second-order valence-electron chi connectivity index (χ2n) is 5.89. The van der Waals surface area contributed by atoms with Crippen LogP contribution in [0.3, 0.4) is 0 Å². The second kappa shape index (κ2) is 12.6. The van der Waals surface area contributed by atoms with Gasteiger partial charge in [-0.25, -0.2) is 8.42 Å². The minimum atomic E-state index is -3.49. The van der Waals surface area contributed by atoms with Gasteiger partial charge in [-0.15, -0.1) is 35.3 Å². The summed E-state index contributed by atoms with van der Waals surface area (Å²) in [5.41, 5.74) is 1.14. The van der Waals surface area contributed by atoms with Crippen molar-refractivity contribution in [3.63, 3.8) is 0 Å². The molecule has 0 aliphatic rings. The van der Waals surface area contributed by atoms with Crippen LogP contribution < -0.4 is 10.6 Å². The van der Waals surface area contributed by atoms with Crippen molar-refractivity contribution in [1.82, 2.24) is 10.6 Å². The van der Waals surface area contributed by atoms with E-state index in [1.165, 1.54) is 0 Å². The number of aliphatic hydroxyl groups excluding tert-OH is 1. The zero-order valence-corrected chi connectivity index (χ0v) is 20.2. The van der Waals surface area contributed by atoms with Gasteiger partial charge in [0.25, 0.3) is 0 Å². The fourth-order valence-corrected chi connectivity index (χ4v) is 4.94. The number of thiophene rings is 1. The molecular weight excluding hydrogens is 533 g/mol. The molecule has 1 atom stereocenters. The summed E-state index contributed by atoms with van der Waals surface area (Å²) in [6.07, 6.45) is -0.277. The number of hydrogen-bond acceptors (Lipinski definition) is 5. The van der Waals surface area contributed by atoms with Gasteiger partial charge in [0.15, 0.2) is 15.8 Å². The van der Waals surface area contributed by atoms with Crippen molar-refractivity contribution in [2.45, 2.75) is 23.7 Å². The molecule has 0 aliphatic carbocycles. The van der Waals surface area contributed by atoms with Crippen LogP contribution in [0, 0.1) is 0 Å². The zero-order valence-electron chi connectivity index (χ0n) is 15.5. The van der Waals surface area contributed by atoms with Gasteiger partial charge in [0.1, 0.15) is 4.21 Å². The van der Waals surface area contributed by atoms with Crippen LogP contribution in [0.4, 0.5) is 0 Å². The maximum atomic E-state index is 12.2. The Labute approximate surface area is 192 Å². The maximum Gasteiger partial charge on any atom is 0.191 e. The smallest absolute Gasteiger partial charge is 0.191 e. The zero-order chi connectivity index (χ0) is 19.7. The molecule has 1 aromatic carbocycles. The fourth-order valence-electron chi connectivity index (χ4n) is 2.34. The number of rotatable bonds is 9. The van der Waals surface area contributed by atoms with E-state index in [1.807, 2.05) is 31.2 Å². The minimum absolute atomic E-state index is 0. The Morgan fingerprint density at radius 1 is 1.25 bits per heavy atom. The molecule has 1 aromatic heterocycles. The molecule has 0 fully saturated rings. The molecule has 0 saturated heterocycles. The van der Waals surface area contributed by atoms with E-state index < -0.39 is 15.9 Å². The Morgan fingerprint density at radius 3 is 2.57 bits per heavy atom. The van der Waals surface area contributed by atoms with E-state index >= 15 is 0 Å². The van der Waals surface area contributed by atoms with Crippen LogP contribution in [-0.2, 0) is 16.3 Å². The van der Waals surface area contributed by atoms with Crippen LogP contribution in [0.5, 0.6) is 0 Å². The number of benzene rings is 1. The second-order valence-corrected chi connectivity index (χ2v) is 9.54. The van der Waals surface area contributed by atoms with E-state index in [-0.39, 0.29) is 40.5 Å². The number of aliphatic hydroxyl groups is 1. The van der Waals surface area contributed by atoms with Crippen molar-refractivity contribution in [2.75, 3.05) is 25.4 Å². The quantitative estimate of drug-likeness (QED) is 0.251. The first-order chi connectivity index (χ1) is 12.9. The monoisotopic (exact) mass is 557 g/mol. The Kier molecular flexibility index (Phi) is 11.4. The lowest BCUT2D eigenvalue weighted by atomic mass is 10.1. The lowest BCUT2D eigenvalue weighted by Gasteiger charge is -2.13. The molecule has 0 amide bonds. The summed E-state index contributed by atoms with van der Waals surface area (Å²) in [6, 6.07) is 10.8. The van der Waals surface area contributed by atoms with Gasteiger partial charge in [-0.1, -0.05) is 29.8 Å². The number of hydrogen-bond donors (Lipinski definition) is 3. The standard InChI is InChI=1S/C18H24ClN3O3S2.HI/c1-2-20-18(21-10-9-14-5-7-15(19)8-6-14)22-12-16(23)13-27(24,25)17-4-3-11-26-17;/h3-8,11,16,23H,2,9-10,12-13H2,1H3,(H2,20,21,22);1H. The molecule has 10 heteroatoms. The summed E-state index contributed by atoms with van der Waals surface area (Å²) in [4.78, 5) is 4.29. The lowest BCUT2D eigenvalue weighted by Crippen LogP contribution is -2.39. The van der Waals surface area contributed by atoms with Gasteiger partial charge < -0.3 is 15.7 Å². The SMILES string of the molecule is CCNC(=NCC(O)CS(=O)(=O)c1cccs1)NCCc1ccc(Cl)cc1.I. The van der Waals surface area contributed by atoms with E-state index in [2.05, 4.69) is 15.6 Å². The van der Waals surface area contributed by atoms with Gasteiger partial charge in [-0.2, -0.15) is 0 Å². The van der Waals surface area contributed by atoms with Crippen LogP contribution in [0.2, 0.25) is 5.02 Å². The number of nitrogens with one attached hydrogen (secondary N) is 2. The van der Waals surface area contributed by atoms with Crippen LogP contribution in [0.1, 0.15) is 12.5 Å². The predicted octanol–water partition coefficient (Wildman–Crippen LogP) is 2.95. The Bertz CT molecular complexity index is 828. The van der Waals surface area contributed by atoms with Crippen molar-refractivity contribution in [1.29, 1.82) is 0 Å². The van der Waals surface area contributed by atoms with Crippen LogP contribution >= 0.6 is 46.9 Å². The summed E-state index contributed by atoms with van der Waals surface area (Å²) in [6.45, 7) is 3.25. The van der Waals surface area contributed by atoms with Crippen molar-refractivity contribution >= 4 is 62.7 Å². The summed E-state index contributed by atoms with van der Waals surface area (Å²) in [7, 11) is -3.49. The van der Waals surface area contributed by atoms with E-state index in [0.29, 0.717) is 24.1 Å².